The lowest BCUT2D eigenvalue weighted by Gasteiger charge is -2.25. The predicted molar refractivity (Wildman–Crippen MR) is 273 cm³/mol. The molecule has 0 amide bonds. The highest BCUT2D eigenvalue weighted by molar-refractivity contribution is 7.90. The number of likely N-dealkylation sites (N-methyl/N-ethyl adjacent to an activating group) is 1. The van der Waals surface area contributed by atoms with Crippen molar-refractivity contribution < 1.29 is 54.0 Å². The van der Waals surface area contributed by atoms with Crippen molar-refractivity contribution in [1.29, 1.82) is 0 Å². The number of Topliss-reactive ketones (excluding diaryl/α,β-unsaturated/α-hetero) is 2. The summed E-state index contributed by atoms with van der Waals surface area (Å²) in [5.41, 5.74) is 8.38. The van der Waals surface area contributed by atoms with Crippen LogP contribution in [0.2, 0.25) is 0 Å². The normalized spacial score (nSPS) is 13.9. The van der Waals surface area contributed by atoms with Gasteiger partial charge < -0.3 is 19.5 Å². The van der Waals surface area contributed by atoms with Crippen molar-refractivity contribution in [2.24, 2.45) is 10.3 Å². The van der Waals surface area contributed by atoms with Crippen LogP contribution in [0.25, 0.3) is 33.8 Å². The van der Waals surface area contributed by atoms with Crippen LogP contribution in [0, 0.1) is 0 Å². The molecule has 1 aliphatic heterocycles. The highest BCUT2D eigenvalue weighted by Crippen LogP contribution is 2.27. The number of piperidine rings is 1. The molecule has 398 valence electrons. The summed E-state index contributed by atoms with van der Waals surface area (Å²) in [6, 6.07) is 21.9. The lowest BCUT2D eigenvalue weighted by atomic mass is 10.0. The molecule has 0 saturated carbocycles. The Hall–Kier alpha value is -6.45. The molecule has 14 nitrogen and oxygen atoms in total. The van der Waals surface area contributed by atoms with E-state index in [-0.39, 0.29) is 18.6 Å². The molecule has 0 unspecified atom stereocenters. The maximum Gasteiger partial charge on any atom is 0.389 e. The van der Waals surface area contributed by atoms with Gasteiger partial charge in [0.05, 0.1) is 54.3 Å². The summed E-state index contributed by atoms with van der Waals surface area (Å²) in [7, 11) is -1.20. The number of oxime groups is 2. The molecular weight excluding hydrogens is 991 g/mol. The van der Waals surface area contributed by atoms with Crippen molar-refractivity contribution in [3.05, 3.63) is 120 Å². The highest BCUT2D eigenvalue weighted by atomic mass is 32.2. The minimum Gasteiger partial charge on any atom is -0.396 e. The number of hydrogen-bond acceptors (Lipinski definition) is 12. The van der Waals surface area contributed by atoms with E-state index in [1.807, 2.05) is 82.5 Å². The molecule has 74 heavy (non-hydrogen) atoms. The monoisotopic (exact) mass is 1050 g/mol. The van der Waals surface area contributed by atoms with Crippen LogP contribution in [-0.2, 0) is 41.9 Å². The van der Waals surface area contributed by atoms with E-state index in [0.717, 1.165) is 58.0 Å². The molecular formula is C53H62F6N8O6S. The fraction of sp³-hybridized carbons (Fsp3) is 0.434. The summed E-state index contributed by atoms with van der Waals surface area (Å²) >= 11 is 0. The Morgan fingerprint density at radius 3 is 1.88 bits per heavy atom. The summed E-state index contributed by atoms with van der Waals surface area (Å²) in [6.07, 6.45) is 2.76. The zero-order valence-electron chi connectivity index (χ0n) is 41.7. The van der Waals surface area contributed by atoms with Crippen LogP contribution in [0.5, 0.6) is 0 Å². The maximum absolute atomic E-state index is 12.4. The topological polar surface area (TPSA) is 153 Å². The van der Waals surface area contributed by atoms with Crippen LogP contribution >= 0.6 is 0 Å². The van der Waals surface area contributed by atoms with E-state index in [4.69, 9.17) is 9.68 Å². The molecule has 1 aliphatic rings. The third-order valence-corrected chi connectivity index (χ3v) is 13.1. The largest absolute Gasteiger partial charge is 0.396 e. The molecule has 0 spiro atoms. The standard InChI is InChI=1S/C28H33F3N4O2.C25H29F3N4O4S/c1-21(33-37-16-6-14-34-12-3-2-4-13-34)23-10-15-35-26(20-32-27(35)19-23)24-8-5-7-22(17-24)18-25(36)9-11-28(29,30)31;1-31(11-13-37(2,34)35)10-12-36-30-17-20-7-9-32-23(18-29-24(32)16-20)21-5-3-4-19(14-21)15-22(33)6-8-25(26,27)28/h5,7-8,10,15,17,19-20H,2-4,6,9,11-14,16,18H2,1H3;3-5,7,9,14,16-18H,6,8,10-13,15H2,1-2H3/b33-21+;. The number of alkyl halides is 6. The van der Waals surface area contributed by atoms with Crippen molar-refractivity contribution in [2.45, 2.75) is 83.5 Å². The number of hydrogen-bond donors (Lipinski definition) is 0. The smallest absolute Gasteiger partial charge is 0.389 e. The van der Waals surface area contributed by atoms with E-state index in [1.165, 1.54) is 38.6 Å². The van der Waals surface area contributed by atoms with Gasteiger partial charge in [0, 0.05) is 86.2 Å². The number of aromatic nitrogens is 4. The Bertz CT molecular complexity index is 2980. The number of ketones is 2. The van der Waals surface area contributed by atoms with Gasteiger partial charge in [0.25, 0.3) is 0 Å². The molecule has 0 N–H and O–H groups in total. The third kappa shape index (κ3) is 19.1. The van der Waals surface area contributed by atoms with Crippen LogP contribution in [0.1, 0.15) is 80.5 Å². The Kier molecular flexibility index (Phi) is 20.5. The van der Waals surface area contributed by atoms with Crippen LogP contribution < -0.4 is 0 Å². The number of rotatable bonds is 24. The van der Waals surface area contributed by atoms with Gasteiger partial charge in [-0.05, 0) is 93.8 Å². The van der Waals surface area contributed by atoms with Gasteiger partial charge in [0.1, 0.15) is 45.9 Å². The van der Waals surface area contributed by atoms with E-state index in [0.29, 0.717) is 43.1 Å². The predicted octanol–water partition coefficient (Wildman–Crippen LogP) is 9.85. The molecule has 0 radical (unpaired) electrons. The average Bonchev–Trinajstić information content (AvgIpc) is 3.99. The second-order valence-electron chi connectivity index (χ2n) is 18.4. The fourth-order valence-electron chi connectivity index (χ4n) is 8.10. The molecule has 1 fully saturated rings. The Balaban J connectivity index is 0.000000241. The number of carbonyl (C=O) groups excluding carboxylic acids is 2. The molecule has 4 aromatic heterocycles. The molecule has 0 atom stereocenters. The number of fused-ring (bicyclic) bond motifs is 2. The molecule has 0 bridgehead atoms. The summed E-state index contributed by atoms with van der Waals surface area (Å²) in [6.45, 7) is 7.14. The van der Waals surface area contributed by atoms with Gasteiger partial charge >= 0.3 is 12.4 Å². The minimum atomic E-state index is -4.35. The zero-order chi connectivity index (χ0) is 53.3. The summed E-state index contributed by atoms with van der Waals surface area (Å²) in [5.74, 6) is -0.802. The second kappa shape index (κ2) is 26.7. The quantitative estimate of drug-likeness (QED) is 0.0248. The first-order valence-electron chi connectivity index (χ1n) is 24.4. The van der Waals surface area contributed by atoms with Gasteiger partial charge in [-0.15, -0.1) is 0 Å². The van der Waals surface area contributed by atoms with E-state index >= 15 is 0 Å². The number of imidazole rings is 2. The van der Waals surface area contributed by atoms with E-state index in [2.05, 4.69) is 25.2 Å². The highest BCUT2D eigenvalue weighted by Gasteiger charge is 2.29. The Labute approximate surface area is 427 Å². The lowest BCUT2D eigenvalue weighted by molar-refractivity contribution is -0.143. The van der Waals surface area contributed by atoms with Crippen molar-refractivity contribution in [3.8, 4) is 22.5 Å². The van der Waals surface area contributed by atoms with Crippen molar-refractivity contribution in [3.63, 3.8) is 0 Å². The molecule has 1 saturated heterocycles. The van der Waals surface area contributed by atoms with Crippen LogP contribution in [0.15, 0.2) is 108 Å². The van der Waals surface area contributed by atoms with Gasteiger partial charge in [-0.3, -0.25) is 18.4 Å². The van der Waals surface area contributed by atoms with Crippen LogP contribution in [-0.4, -0.2) is 138 Å². The van der Waals surface area contributed by atoms with Crippen LogP contribution in [0.4, 0.5) is 26.3 Å². The molecule has 5 heterocycles. The SMILES string of the molecule is C/C(=N\OCCCN1CCCCC1)c1ccn2c(-c3cccc(CC(=O)CCC(F)(F)F)c3)cnc2c1.CN(CCON=Cc1ccn2c(-c3cccc(CC(=O)CCC(F)(F)F)c3)cnc2c1)CCS(C)(=O)=O. The molecule has 6 aromatic rings. The van der Waals surface area contributed by atoms with Crippen molar-refractivity contribution in [1.82, 2.24) is 28.6 Å². The number of nitrogens with zero attached hydrogens (tertiary/aromatic N) is 8. The Morgan fingerprint density at radius 2 is 1.31 bits per heavy atom. The van der Waals surface area contributed by atoms with Crippen molar-refractivity contribution >= 4 is 44.6 Å². The maximum atomic E-state index is 12.4. The summed E-state index contributed by atoms with van der Waals surface area (Å²) in [5, 5.41) is 8.23. The zero-order valence-corrected chi connectivity index (χ0v) is 42.6. The summed E-state index contributed by atoms with van der Waals surface area (Å²) < 4.78 is 101. The van der Waals surface area contributed by atoms with Crippen molar-refractivity contribution in [2.75, 3.05) is 65.0 Å². The molecule has 21 heteroatoms. The molecule has 0 aliphatic carbocycles. The van der Waals surface area contributed by atoms with E-state index < -0.39 is 59.4 Å². The molecule has 2 aromatic carbocycles. The first-order valence-corrected chi connectivity index (χ1v) is 26.4. The minimum absolute atomic E-state index is 0.0293. The van der Waals surface area contributed by atoms with Crippen LogP contribution in [0.3, 0.4) is 0 Å². The lowest BCUT2D eigenvalue weighted by Crippen LogP contribution is -2.31. The van der Waals surface area contributed by atoms with Gasteiger partial charge in [-0.1, -0.05) is 53.1 Å². The average molecular weight is 1050 g/mol. The number of likely N-dealkylation sites (tertiary alicyclic amines) is 1. The number of benzene rings is 2. The van der Waals surface area contributed by atoms with Gasteiger partial charge in [-0.2, -0.15) is 26.3 Å². The number of pyridine rings is 2. The van der Waals surface area contributed by atoms with Gasteiger partial charge in [0.2, 0.25) is 0 Å². The second-order valence-corrected chi connectivity index (χ2v) is 20.7. The third-order valence-electron chi connectivity index (χ3n) is 12.1. The first-order chi connectivity index (χ1) is 35.2. The Morgan fingerprint density at radius 1 is 0.743 bits per heavy atom. The van der Waals surface area contributed by atoms with Gasteiger partial charge in [-0.25, -0.2) is 18.4 Å². The number of carbonyl (C=O) groups is 2. The van der Waals surface area contributed by atoms with E-state index in [1.54, 1.807) is 48.9 Å². The number of halogens is 6. The summed E-state index contributed by atoms with van der Waals surface area (Å²) in [4.78, 5) is 48.1. The number of sulfone groups is 1. The van der Waals surface area contributed by atoms with E-state index in [9.17, 15) is 44.3 Å². The fourth-order valence-corrected chi connectivity index (χ4v) is 8.74. The first kappa shape index (κ1) is 56.8. The molecule has 7 rings (SSSR count). The van der Waals surface area contributed by atoms with Gasteiger partial charge in [0.15, 0.2) is 0 Å².